The van der Waals surface area contributed by atoms with E-state index in [0.29, 0.717) is 12.4 Å². The van der Waals surface area contributed by atoms with Gasteiger partial charge in [-0.25, -0.2) is 9.98 Å². The van der Waals surface area contributed by atoms with Crippen molar-refractivity contribution in [2.75, 3.05) is 7.11 Å². The van der Waals surface area contributed by atoms with E-state index in [2.05, 4.69) is 67.5 Å². The average Bonchev–Trinajstić information content (AvgIpc) is 3.41. The lowest BCUT2D eigenvalue weighted by molar-refractivity contribution is 0.283. The molecule has 38 heavy (non-hydrogen) atoms. The Morgan fingerprint density at radius 1 is 0.921 bits per heavy atom. The number of aromatic nitrogens is 1. The van der Waals surface area contributed by atoms with Gasteiger partial charge in [-0.1, -0.05) is 61.2 Å². The van der Waals surface area contributed by atoms with E-state index in [0.717, 1.165) is 33.6 Å². The van der Waals surface area contributed by atoms with Gasteiger partial charge in [0.05, 0.1) is 12.8 Å². The Bertz CT molecular complexity index is 1390. The van der Waals surface area contributed by atoms with Crippen LogP contribution in [0.3, 0.4) is 0 Å². The molecule has 0 saturated heterocycles. The number of benzene rings is 3. The molecule has 5 heteroatoms. The number of nitrogens with zero attached hydrogens (tertiary/aromatic N) is 2. The van der Waals surface area contributed by atoms with Crippen molar-refractivity contribution in [1.29, 1.82) is 0 Å². The molecule has 1 fully saturated rings. The molecule has 0 N–H and O–H groups in total. The summed E-state index contributed by atoms with van der Waals surface area (Å²) in [6, 6.07) is 19.3. The molecule has 1 aliphatic rings. The van der Waals surface area contributed by atoms with Crippen molar-refractivity contribution >= 4 is 22.7 Å². The Morgan fingerprint density at radius 3 is 2.37 bits per heavy atom. The second-order valence-electron chi connectivity index (χ2n) is 10.3. The summed E-state index contributed by atoms with van der Waals surface area (Å²) in [7, 11) is 1.66. The Morgan fingerprint density at radius 2 is 1.66 bits per heavy atom. The molecule has 4 nitrogen and oxygen atoms in total. The molecule has 1 aliphatic carbocycles. The maximum atomic E-state index is 6.15. The van der Waals surface area contributed by atoms with Crippen molar-refractivity contribution in [3.63, 3.8) is 0 Å². The molecule has 4 aromatic rings. The maximum Gasteiger partial charge on any atom is 0.209 e. The third-order valence-corrected chi connectivity index (χ3v) is 8.25. The molecule has 0 radical (unpaired) electrons. The molecule has 0 aliphatic heterocycles. The highest BCUT2D eigenvalue weighted by Crippen LogP contribution is 2.34. The van der Waals surface area contributed by atoms with Crippen molar-refractivity contribution in [2.45, 2.75) is 65.4 Å². The smallest absolute Gasteiger partial charge is 0.209 e. The first-order valence-electron chi connectivity index (χ1n) is 13.5. The lowest BCUT2D eigenvalue weighted by Gasteiger charge is -2.22. The number of thiazole rings is 1. The summed E-state index contributed by atoms with van der Waals surface area (Å²) in [5.41, 5.74) is 9.49. The van der Waals surface area contributed by atoms with Crippen LogP contribution in [-0.2, 0) is 6.61 Å². The summed E-state index contributed by atoms with van der Waals surface area (Å²) < 4.78 is 11.8. The molecule has 0 spiro atoms. The standard InChI is InChI=1S/C33H36N2O2S/c1-22-16-23(2)29(24(3)17-22)20-37-31-15-10-25(18-32(31)36-4)19-34-33-35-30(21-38-33)28-13-11-27(12-14-28)26-8-6-5-7-9-26/h10-19,21,26H,5-9,20H2,1-4H3. The van der Waals surface area contributed by atoms with Gasteiger partial charge in [-0.2, -0.15) is 0 Å². The Labute approximate surface area is 230 Å². The average molecular weight is 525 g/mol. The molecule has 3 aromatic carbocycles. The van der Waals surface area contributed by atoms with Crippen LogP contribution in [0.2, 0.25) is 0 Å². The van der Waals surface area contributed by atoms with E-state index in [1.54, 1.807) is 18.4 Å². The fraction of sp³-hybridized carbons (Fsp3) is 0.333. The van der Waals surface area contributed by atoms with Crippen molar-refractivity contribution in [2.24, 2.45) is 4.99 Å². The van der Waals surface area contributed by atoms with Crippen LogP contribution in [0.5, 0.6) is 11.5 Å². The van der Waals surface area contributed by atoms with Gasteiger partial charge >= 0.3 is 0 Å². The fourth-order valence-electron chi connectivity index (χ4n) is 5.42. The molecule has 0 amide bonds. The molecule has 196 valence electrons. The van der Waals surface area contributed by atoms with Crippen LogP contribution in [0.4, 0.5) is 5.13 Å². The molecule has 1 saturated carbocycles. The maximum absolute atomic E-state index is 6.15. The van der Waals surface area contributed by atoms with E-state index in [1.807, 2.05) is 24.4 Å². The predicted octanol–water partition coefficient (Wildman–Crippen LogP) is 9.12. The molecule has 1 aromatic heterocycles. The highest BCUT2D eigenvalue weighted by Gasteiger charge is 2.15. The predicted molar refractivity (Wildman–Crippen MR) is 159 cm³/mol. The molecule has 5 rings (SSSR count). The highest BCUT2D eigenvalue weighted by molar-refractivity contribution is 7.13. The second kappa shape index (κ2) is 12.0. The van der Waals surface area contributed by atoms with E-state index in [9.17, 15) is 0 Å². The van der Waals surface area contributed by atoms with Crippen molar-refractivity contribution in [1.82, 2.24) is 4.98 Å². The van der Waals surface area contributed by atoms with Crippen molar-refractivity contribution < 1.29 is 9.47 Å². The Kier molecular flexibility index (Phi) is 8.23. The first kappa shape index (κ1) is 26.2. The third-order valence-electron chi connectivity index (χ3n) is 7.50. The van der Waals surface area contributed by atoms with Crippen LogP contribution in [0, 0.1) is 20.8 Å². The van der Waals surface area contributed by atoms with E-state index in [4.69, 9.17) is 14.5 Å². The number of aliphatic imine (C=N–C) groups is 1. The second-order valence-corrected chi connectivity index (χ2v) is 11.1. The number of hydrogen-bond donors (Lipinski definition) is 0. The van der Waals surface area contributed by atoms with Crippen LogP contribution >= 0.6 is 11.3 Å². The first-order chi connectivity index (χ1) is 18.5. The number of rotatable bonds is 8. The molecule has 1 heterocycles. The third kappa shape index (κ3) is 6.16. The zero-order valence-corrected chi connectivity index (χ0v) is 23.6. The summed E-state index contributed by atoms with van der Waals surface area (Å²) in [5, 5.41) is 2.82. The minimum Gasteiger partial charge on any atom is -0.493 e. The lowest BCUT2D eigenvalue weighted by atomic mass is 9.84. The van der Waals surface area contributed by atoms with Gasteiger partial charge in [0.2, 0.25) is 5.13 Å². The summed E-state index contributed by atoms with van der Waals surface area (Å²) in [6.45, 7) is 6.89. The zero-order chi connectivity index (χ0) is 26.5. The summed E-state index contributed by atoms with van der Waals surface area (Å²) in [6.07, 6.45) is 8.56. The number of methoxy groups -OCH3 is 1. The molecule has 0 unspecified atom stereocenters. The van der Waals surface area contributed by atoms with Crippen LogP contribution in [0.15, 0.2) is 65.0 Å². The summed E-state index contributed by atoms with van der Waals surface area (Å²) in [5.74, 6) is 2.13. The van der Waals surface area contributed by atoms with Gasteiger partial charge in [0, 0.05) is 17.2 Å². The van der Waals surface area contributed by atoms with Gasteiger partial charge in [-0.15, -0.1) is 11.3 Å². The number of aryl methyl sites for hydroxylation is 3. The molecule has 0 bridgehead atoms. The highest BCUT2D eigenvalue weighted by atomic mass is 32.1. The van der Waals surface area contributed by atoms with Gasteiger partial charge in [-0.05, 0) is 85.5 Å². The van der Waals surface area contributed by atoms with Gasteiger partial charge in [0.15, 0.2) is 11.5 Å². The SMILES string of the molecule is COc1cc(C=Nc2nc(-c3ccc(C4CCCCC4)cc3)cs2)ccc1OCc1c(C)cc(C)cc1C. The summed E-state index contributed by atoms with van der Waals surface area (Å²) in [4.78, 5) is 9.38. The summed E-state index contributed by atoms with van der Waals surface area (Å²) >= 11 is 1.55. The zero-order valence-electron chi connectivity index (χ0n) is 22.8. The van der Waals surface area contributed by atoms with E-state index in [1.165, 1.54) is 59.9 Å². The topological polar surface area (TPSA) is 43.7 Å². The van der Waals surface area contributed by atoms with Crippen molar-refractivity contribution in [3.8, 4) is 22.8 Å². The fourth-order valence-corrected chi connectivity index (χ4v) is 6.09. The Balaban J connectivity index is 1.24. The molecule has 0 atom stereocenters. The minimum atomic E-state index is 0.505. The minimum absolute atomic E-state index is 0.505. The molecular weight excluding hydrogens is 488 g/mol. The van der Waals surface area contributed by atoms with Gasteiger partial charge < -0.3 is 9.47 Å². The molecular formula is C33H36N2O2S. The largest absolute Gasteiger partial charge is 0.493 e. The van der Waals surface area contributed by atoms with Gasteiger partial charge in [0.25, 0.3) is 0 Å². The number of hydrogen-bond acceptors (Lipinski definition) is 5. The van der Waals surface area contributed by atoms with Crippen LogP contribution < -0.4 is 9.47 Å². The monoisotopic (exact) mass is 524 g/mol. The van der Waals surface area contributed by atoms with Crippen LogP contribution in [0.1, 0.15) is 71.4 Å². The normalized spacial score (nSPS) is 14.2. The van der Waals surface area contributed by atoms with Crippen molar-refractivity contribution in [3.05, 3.63) is 93.4 Å². The van der Waals surface area contributed by atoms with Crippen LogP contribution in [0.25, 0.3) is 11.3 Å². The quantitative estimate of drug-likeness (QED) is 0.216. The van der Waals surface area contributed by atoms with E-state index >= 15 is 0 Å². The lowest BCUT2D eigenvalue weighted by Crippen LogP contribution is -2.04. The number of ether oxygens (including phenoxy) is 2. The first-order valence-corrected chi connectivity index (χ1v) is 14.4. The van der Waals surface area contributed by atoms with Gasteiger partial charge in [0.1, 0.15) is 6.61 Å². The van der Waals surface area contributed by atoms with Gasteiger partial charge in [-0.3, -0.25) is 0 Å². The van der Waals surface area contributed by atoms with Crippen LogP contribution in [-0.4, -0.2) is 18.3 Å². The van der Waals surface area contributed by atoms with E-state index in [-0.39, 0.29) is 0 Å². The van der Waals surface area contributed by atoms with E-state index < -0.39 is 0 Å². The Hall–Kier alpha value is -3.44.